The second-order valence-corrected chi connectivity index (χ2v) is 8.39. The molecule has 1 aliphatic heterocycles. The normalized spacial score (nSPS) is 22.6. The second-order valence-electron chi connectivity index (χ2n) is 8.39. The number of ketones is 1. The number of ether oxygens (including phenoxy) is 2. The van der Waals surface area contributed by atoms with Crippen molar-refractivity contribution in [2.24, 2.45) is 10.9 Å². The summed E-state index contributed by atoms with van der Waals surface area (Å²) in [5.41, 5.74) is 3.00. The maximum Gasteiger partial charge on any atom is 0.315 e. The zero-order valence-electron chi connectivity index (χ0n) is 18.9. The summed E-state index contributed by atoms with van der Waals surface area (Å²) in [5.74, 6) is -2.68. The van der Waals surface area contributed by atoms with Crippen LogP contribution < -0.4 is 0 Å². The maximum absolute atomic E-state index is 15.0. The van der Waals surface area contributed by atoms with Crippen LogP contribution in [0.2, 0.25) is 0 Å². The van der Waals surface area contributed by atoms with Crippen molar-refractivity contribution in [1.29, 1.82) is 0 Å². The Bertz CT molecular complexity index is 1090. The van der Waals surface area contributed by atoms with E-state index in [2.05, 4.69) is 0 Å². The second kappa shape index (κ2) is 10.2. The summed E-state index contributed by atoms with van der Waals surface area (Å²) in [6.45, 7) is 4.51. The van der Waals surface area contributed by atoms with Gasteiger partial charge in [0, 0.05) is 35.9 Å². The predicted molar refractivity (Wildman–Crippen MR) is 124 cm³/mol. The van der Waals surface area contributed by atoms with Crippen LogP contribution in [0, 0.1) is 11.7 Å². The van der Waals surface area contributed by atoms with E-state index in [9.17, 15) is 14.0 Å². The van der Waals surface area contributed by atoms with Gasteiger partial charge in [0.25, 0.3) is 0 Å². The third-order valence-electron chi connectivity index (χ3n) is 6.33. The molecule has 0 N–H and O–H groups in total. The fourth-order valence-corrected chi connectivity index (χ4v) is 4.82. The number of allylic oxidation sites excluding steroid dienone is 2. The van der Waals surface area contributed by atoms with Gasteiger partial charge < -0.3 is 9.47 Å². The van der Waals surface area contributed by atoms with Crippen LogP contribution in [-0.4, -0.2) is 37.3 Å². The molecular formula is C27H28FNO4. The molecule has 4 rings (SSSR count). The Balaban J connectivity index is 1.72. The molecular weight excluding hydrogens is 421 g/mol. The third-order valence-corrected chi connectivity index (χ3v) is 6.33. The number of aliphatic imine (C=N–C) groups is 1. The van der Waals surface area contributed by atoms with Gasteiger partial charge in [-0.2, -0.15) is 0 Å². The van der Waals surface area contributed by atoms with Crippen LogP contribution in [0.25, 0.3) is 0 Å². The zero-order chi connectivity index (χ0) is 23.4. The number of hydrogen-bond donors (Lipinski definition) is 0. The van der Waals surface area contributed by atoms with E-state index in [4.69, 9.17) is 14.5 Å². The lowest BCUT2D eigenvalue weighted by atomic mass is 9.69. The lowest BCUT2D eigenvalue weighted by molar-refractivity contribution is -0.148. The van der Waals surface area contributed by atoms with Crippen LogP contribution in [0.5, 0.6) is 0 Å². The van der Waals surface area contributed by atoms with E-state index in [1.165, 1.54) is 6.07 Å². The Morgan fingerprint density at radius 1 is 1.06 bits per heavy atom. The van der Waals surface area contributed by atoms with Crippen molar-refractivity contribution in [2.45, 2.75) is 38.5 Å². The number of benzene rings is 2. The topological polar surface area (TPSA) is 65.0 Å². The van der Waals surface area contributed by atoms with E-state index in [0.29, 0.717) is 42.0 Å². The quantitative estimate of drug-likeness (QED) is 0.442. The van der Waals surface area contributed by atoms with Crippen LogP contribution >= 0.6 is 0 Å². The summed E-state index contributed by atoms with van der Waals surface area (Å²) in [5, 5.41) is 0. The van der Waals surface area contributed by atoms with Gasteiger partial charge in [0.15, 0.2) is 5.78 Å². The SMILES string of the molecule is CCOCCOC(=O)C1C(C)=NC2=C(C(=O)C[C@@H](c3ccccc3)C2)[C@H]1c1ccccc1F. The molecule has 2 aromatic rings. The number of carbonyl (C=O) groups excluding carboxylic acids is 2. The highest BCUT2D eigenvalue weighted by Crippen LogP contribution is 2.47. The van der Waals surface area contributed by atoms with E-state index in [1.807, 2.05) is 37.3 Å². The molecule has 2 aliphatic rings. The predicted octanol–water partition coefficient (Wildman–Crippen LogP) is 4.98. The number of carbonyl (C=O) groups is 2. The maximum atomic E-state index is 15.0. The van der Waals surface area contributed by atoms with Gasteiger partial charge in [-0.3, -0.25) is 14.6 Å². The first-order valence-electron chi connectivity index (χ1n) is 11.4. The minimum Gasteiger partial charge on any atom is -0.463 e. The Morgan fingerprint density at radius 3 is 2.52 bits per heavy atom. The Morgan fingerprint density at radius 2 is 1.79 bits per heavy atom. The standard InChI is InChI=1S/C27H28FNO4/c1-3-32-13-14-33-27(31)24-17(2)29-22-15-19(18-9-5-4-6-10-18)16-23(30)26(22)25(24)20-11-7-8-12-21(20)28/h4-12,19,24-25H,3,13-16H2,1-2H3/t19-,24?,25-/m0/s1. The van der Waals surface area contributed by atoms with Crippen LogP contribution in [0.15, 0.2) is 70.9 Å². The summed E-state index contributed by atoms with van der Waals surface area (Å²) in [7, 11) is 0. The van der Waals surface area contributed by atoms with Crippen LogP contribution in [-0.2, 0) is 19.1 Å². The molecule has 0 radical (unpaired) electrons. The van der Waals surface area contributed by atoms with Gasteiger partial charge in [-0.05, 0) is 43.4 Å². The molecule has 0 spiro atoms. The molecule has 2 aromatic carbocycles. The number of Topliss-reactive ketones (excluding diaryl/α,β-unsaturated/α-hetero) is 1. The molecule has 1 unspecified atom stereocenters. The largest absolute Gasteiger partial charge is 0.463 e. The molecule has 0 aromatic heterocycles. The molecule has 172 valence electrons. The molecule has 0 amide bonds. The van der Waals surface area contributed by atoms with Crippen LogP contribution in [0.1, 0.15) is 49.7 Å². The first-order chi connectivity index (χ1) is 16.0. The number of hydrogen-bond acceptors (Lipinski definition) is 5. The first-order valence-corrected chi connectivity index (χ1v) is 11.4. The van der Waals surface area contributed by atoms with Gasteiger partial charge in [-0.1, -0.05) is 48.5 Å². The summed E-state index contributed by atoms with van der Waals surface area (Å²) in [4.78, 5) is 31.3. The van der Waals surface area contributed by atoms with Gasteiger partial charge in [0.05, 0.1) is 6.61 Å². The average Bonchev–Trinajstić information content (AvgIpc) is 2.81. The van der Waals surface area contributed by atoms with Crippen molar-refractivity contribution in [2.75, 3.05) is 19.8 Å². The van der Waals surface area contributed by atoms with Crippen molar-refractivity contribution in [3.8, 4) is 0 Å². The highest BCUT2D eigenvalue weighted by Gasteiger charge is 2.45. The fourth-order valence-electron chi connectivity index (χ4n) is 4.82. The number of nitrogens with zero attached hydrogens (tertiary/aromatic N) is 1. The Kier molecular flexibility index (Phi) is 7.14. The van der Waals surface area contributed by atoms with Gasteiger partial charge in [0.1, 0.15) is 18.3 Å². The monoisotopic (exact) mass is 449 g/mol. The summed E-state index contributed by atoms with van der Waals surface area (Å²) < 4.78 is 25.7. The molecule has 5 nitrogen and oxygen atoms in total. The van der Waals surface area contributed by atoms with Crippen LogP contribution in [0.4, 0.5) is 4.39 Å². The molecule has 0 bridgehead atoms. The molecule has 0 fully saturated rings. The van der Waals surface area contributed by atoms with Gasteiger partial charge in [-0.25, -0.2) is 4.39 Å². The van der Waals surface area contributed by atoms with Crippen molar-refractivity contribution >= 4 is 17.5 Å². The molecule has 0 saturated heterocycles. The summed E-state index contributed by atoms with van der Waals surface area (Å²) in [6, 6.07) is 16.2. The number of rotatable bonds is 7. The zero-order valence-corrected chi connectivity index (χ0v) is 18.9. The third kappa shape index (κ3) is 4.81. The van der Waals surface area contributed by atoms with E-state index in [-0.39, 0.29) is 24.9 Å². The van der Waals surface area contributed by atoms with Gasteiger partial charge in [0.2, 0.25) is 0 Å². The van der Waals surface area contributed by atoms with Gasteiger partial charge in [-0.15, -0.1) is 0 Å². The van der Waals surface area contributed by atoms with Crippen LogP contribution in [0.3, 0.4) is 0 Å². The molecule has 3 atom stereocenters. The highest BCUT2D eigenvalue weighted by atomic mass is 19.1. The van der Waals surface area contributed by atoms with E-state index < -0.39 is 23.6 Å². The molecule has 0 saturated carbocycles. The van der Waals surface area contributed by atoms with Crippen molar-refractivity contribution < 1.29 is 23.5 Å². The van der Waals surface area contributed by atoms with Crippen molar-refractivity contribution in [3.05, 3.63) is 82.8 Å². The fraction of sp³-hybridized carbons (Fsp3) is 0.370. The highest BCUT2D eigenvalue weighted by molar-refractivity contribution is 6.09. The van der Waals surface area contributed by atoms with Gasteiger partial charge >= 0.3 is 5.97 Å². The molecule has 1 aliphatic carbocycles. The summed E-state index contributed by atoms with van der Waals surface area (Å²) >= 11 is 0. The van der Waals surface area contributed by atoms with Crippen molar-refractivity contribution in [1.82, 2.24) is 0 Å². The Hall–Kier alpha value is -3.12. The van der Waals surface area contributed by atoms with E-state index in [0.717, 1.165) is 5.56 Å². The first kappa shape index (κ1) is 23.1. The summed E-state index contributed by atoms with van der Waals surface area (Å²) in [6.07, 6.45) is 0.869. The van der Waals surface area contributed by atoms with Crippen molar-refractivity contribution in [3.63, 3.8) is 0 Å². The number of esters is 1. The Labute approximate surface area is 193 Å². The number of halogens is 1. The molecule has 33 heavy (non-hydrogen) atoms. The minimum atomic E-state index is -0.862. The average molecular weight is 450 g/mol. The molecule has 6 heteroatoms. The molecule has 1 heterocycles. The minimum absolute atomic E-state index is 0.00460. The smallest absolute Gasteiger partial charge is 0.315 e. The lowest BCUT2D eigenvalue weighted by Crippen LogP contribution is -2.38. The van der Waals surface area contributed by atoms with E-state index >= 15 is 0 Å². The lowest BCUT2D eigenvalue weighted by Gasteiger charge is -2.36. The van der Waals surface area contributed by atoms with E-state index in [1.54, 1.807) is 25.1 Å².